The first-order chi connectivity index (χ1) is 4.77. The van der Waals surface area contributed by atoms with Crippen molar-refractivity contribution in [2.45, 2.75) is 33.6 Å². The van der Waals surface area contributed by atoms with Crippen LogP contribution < -0.4 is 0 Å². The van der Waals surface area contributed by atoms with Crippen molar-refractivity contribution >= 4 is 0 Å². The standard InChI is InChI=1S/C10H16/c1-4-5-6-7-8-9-10(2)3/h8-10H,6-7H2,1-3H3. The lowest BCUT2D eigenvalue weighted by Crippen LogP contribution is -1.76. The van der Waals surface area contributed by atoms with Crippen LogP contribution in [0.15, 0.2) is 12.2 Å². The molecule has 0 bridgehead atoms. The Kier molecular flexibility index (Phi) is 5.97. The third kappa shape index (κ3) is 7.30. The van der Waals surface area contributed by atoms with Gasteiger partial charge in [0.15, 0.2) is 0 Å². The van der Waals surface area contributed by atoms with Crippen LogP contribution in [0.3, 0.4) is 0 Å². The molecule has 0 atom stereocenters. The summed E-state index contributed by atoms with van der Waals surface area (Å²) < 4.78 is 0. The van der Waals surface area contributed by atoms with E-state index < -0.39 is 0 Å². The highest BCUT2D eigenvalue weighted by Gasteiger charge is 1.81. The van der Waals surface area contributed by atoms with Crippen molar-refractivity contribution in [3.63, 3.8) is 0 Å². The maximum atomic E-state index is 3.02. The van der Waals surface area contributed by atoms with Crippen LogP contribution in [-0.4, -0.2) is 0 Å². The molecule has 0 unspecified atom stereocenters. The van der Waals surface area contributed by atoms with E-state index in [1.807, 2.05) is 6.92 Å². The molecule has 0 saturated carbocycles. The summed E-state index contributed by atoms with van der Waals surface area (Å²) in [6.07, 6.45) is 6.52. The zero-order valence-electron chi connectivity index (χ0n) is 7.15. The van der Waals surface area contributed by atoms with Crippen LogP contribution in [-0.2, 0) is 0 Å². The first kappa shape index (κ1) is 9.30. The smallest absolute Gasteiger partial charge is 0.0123 e. The van der Waals surface area contributed by atoms with Gasteiger partial charge in [-0.25, -0.2) is 0 Å². The number of hydrogen-bond donors (Lipinski definition) is 0. The summed E-state index contributed by atoms with van der Waals surface area (Å²) >= 11 is 0. The topological polar surface area (TPSA) is 0 Å². The lowest BCUT2D eigenvalue weighted by molar-refractivity contribution is 0.824. The lowest BCUT2D eigenvalue weighted by atomic mass is 10.2. The molecular weight excluding hydrogens is 120 g/mol. The number of unbranched alkanes of at least 4 members (excludes halogenated alkanes) is 1. The second-order valence-electron chi connectivity index (χ2n) is 2.64. The summed E-state index contributed by atoms with van der Waals surface area (Å²) in [5, 5.41) is 0. The molecule has 0 fully saturated rings. The third-order valence-electron chi connectivity index (χ3n) is 1.13. The number of allylic oxidation sites excluding steroid dienone is 2. The van der Waals surface area contributed by atoms with Crippen LogP contribution in [0.4, 0.5) is 0 Å². The predicted octanol–water partition coefficient (Wildman–Crippen LogP) is 3.00. The van der Waals surface area contributed by atoms with Crippen molar-refractivity contribution in [2.75, 3.05) is 0 Å². The average Bonchev–Trinajstić information content (AvgIpc) is 1.87. The second-order valence-corrected chi connectivity index (χ2v) is 2.64. The van der Waals surface area contributed by atoms with E-state index in [2.05, 4.69) is 37.8 Å². The maximum absolute atomic E-state index is 3.02. The summed E-state index contributed by atoms with van der Waals surface area (Å²) in [5.41, 5.74) is 0. The van der Waals surface area contributed by atoms with Gasteiger partial charge >= 0.3 is 0 Å². The molecule has 0 aromatic rings. The molecule has 0 spiro atoms. The average molecular weight is 136 g/mol. The molecule has 0 heteroatoms. The second kappa shape index (κ2) is 6.42. The minimum atomic E-state index is 0.676. The Morgan fingerprint density at radius 3 is 2.60 bits per heavy atom. The number of hydrogen-bond acceptors (Lipinski definition) is 0. The summed E-state index contributed by atoms with van der Waals surface area (Å²) in [6.45, 7) is 6.25. The fourth-order valence-electron chi connectivity index (χ4n) is 0.649. The van der Waals surface area contributed by atoms with Crippen molar-refractivity contribution in [2.24, 2.45) is 5.92 Å². The van der Waals surface area contributed by atoms with Gasteiger partial charge in [-0.1, -0.05) is 26.0 Å². The van der Waals surface area contributed by atoms with E-state index in [-0.39, 0.29) is 0 Å². The Bertz CT molecular complexity index is 141. The molecular formula is C10H16. The molecule has 0 amide bonds. The Balaban J connectivity index is 3.24. The number of rotatable bonds is 3. The molecule has 0 aliphatic carbocycles. The molecule has 0 nitrogen and oxygen atoms in total. The van der Waals surface area contributed by atoms with Crippen molar-refractivity contribution < 1.29 is 0 Å². The molecule has 0 aliphatic rings. The van der Waals surface area contributed by atoms with Gasteiger partial charge in [-0.3, -0.25) is 0 Å². The zero-order chi connectivity index (χ0) is 7.82. The van der Waals surface area contributed by atoms with Crippen molar-refractivity contribution in [3.05, 3.63) is 12.2 Å². The fraction of sp³-hybridized carbons (Fsp3) is 0.600. The minimum Gasteiger partial charge on any atom is -0.107 e. The van der Waals surface area contributed by atoms with E-state index in [4.69, 9.17) is 0 Å². The fourth-order valence-corrected chi connectivity index (χ4v) is 0.649. The van der Waals surface area contributed by atoms with Gasteiger partial charge in [-0.2, -0.15) is 0 Å². The zero-order valence-corrected chi connectivity index (χ0v) is 7.15. The van der Waals surface area contributed by atoms with Gasteiger partial charge < -0.3 is 0 Å². The van der Waals surface area contributed by atoms with Gasteiger partial charge in [0.05, 0.1) is 0 Å². The normalized spacial score (nSPS) is 10.0. The first-order valence-electron chi connectivity index (χ1n) is 3.83. The molecule has 56 valence electrons. The summed E-state index contributed by atoms with van der Waals surface area (Å²) in [4.78, 5) is 0. The molecule has 0 rings (SSSR count). The van der Waals surface area contributed by atoms with Gasteiger partial charge in [0.25, 0.3) is 0 Å². The molecule has 10 heavy (non-hydrogen) atoms. The highest BCUT2D eigenvalue weighted by Crippen LogP contribution is 1.96. The Labute approximate surface area is 64.3 Å². The molecule has 0 saturated heterocycles. The monoisotopic (exact) mass is 136 g/mol. The minimum absolute atomic E-state index is 0.676. The van der Waals surface area contributed by atoms with Crippen LogP contribution in [0.5, 0.6) is 0 Å². The van der Waals surface area contributed by atoms with Crippen LogP contribution in [0.2, 0.25) is 0 Å². The largest absolute Gasteiger partial charge is 0.107 e. The van der Waals surface area contributed by atoms with Crippen LogP contribution >= 0.6 is 0 Å². The van der Waals surface area contributed by atoms with E-state index in [9.17, 15) is 0 Å². The molecule has 0 N–H and O–H groups in total. The van der Waals surface area contributed by atoms with Crippen molar-refractivity contribution in [3.8, 4) is 11.8 Å². The SMILES string of the molecule is CC#CCCC=CC(C)C. The molecule has 0 aromatic carbocycles. The van der Waals surface area contributed by atoms with E-state index in [1.54, 1.807) is 0 Å². The van der Waals surface area contributed by atoms with E-state index in [0.29, 0.717) is 5.92 Å². The molecule has 0 aliphatic heterocycles. The van der Waals surface area contributed by atoms with Gasteiger partial charge in [0, 0.05) is 6.42 Å². The van der Waals surface area contributed by atoms with Gasteiger partial charge in [0.2, 0.25) is 0 Å². The van der Waals surface area contributed by atoms with Crippen LogP contribution in [0, 0.1) is 17.8 Å². The molecule has 0 aromatic heterocycles. The summed E-state index contributed by atoms with van der Waals surface area (Å²) in [7, 11) is 0. The molecule has 0 heterocycles. The van der Waals surface area contributed by atoms with Crippen molar-refractivity contribution in [1.29, 1.82) is 0 Å². The Morgan fingerprint density at radius 1 is 1.40 bits per heavy atom. The summed E-state index contributed by atoms with van der Waals surface area (Å²) in [6, 6.07) is 0. The van der Waals surface area contributed by atoms with E-state index >= 15 is 0 Å². The van der Waals surface area contributed by atoms with Crippen LogP contribution in [0.25, 0.3) is 0 Å². The highest BCUT2D eigenvalue weighted by atomic mass is 13.9. The lowest BCUT2D eigenvalue weighted by Gasteiger charge is -1.90. The van der Waals surface area contributed by atoms with E-state index in [1.165, 1.54) is 0 Å². The Hall–Kier alpha value is -0.700. The van der Waals surface area contributed by atoms with E-state index in [0.717, 1.165) is 12.8 Å². The van der Waals surface area contributed by atoms with Gasteiger partial charge in [0.1, 0.15) is 0 Å². The maximum Gasteiger partial charge on any atom is 0.0123 e. The van der Waals surface area contributed by atoms with Gasteiger partial charge in [-0.05, 0) is 19.3 Å². The summed E-state index contributed by atoms with van der Waals surface area (Å²) in [5.74, 6) is 6.57. The quantitative estimate of drug-likeness (QED) is 0.318. The third-order valence-corrected chi connectivity index (χ3v) is 1.13. The first-order valence-corrected chi connectivity index (χ1v) is 3.83. The van der Waals surface area contributed by atoms with Crippen molar-refractivity contribution in [1.82, 2.24) is 0 Å². The van der Waals surface area contributed by atoms with Gasteiger partial charge in [-0.15, -0.1) is 11.8 Å². The predicted molar refractivity (Wildman–Crippen MR) is 46.7 cm³/mol. The Morgan fingerprint density at radius 2 is 2.10 bits per heavy atom. The van der Waals surface area contributed by atoms with Crippen LogP contribution in [0.1, 0.15) is 33.6 Å². The highest BCUT2D eigenvalue weighted by molar-refractivity contribution is 4.97. The molecule has 0 radical (unpaired) electrons.